The molecule has 0 saturated heterocycles. The van der Waals surface area contributed by atoms with Crippen LogP contribution in [-0.2, 0) is 6.54 Å². The third kappa shape index (κ3) is 5.28. The molecule has 1 amide bonds. The molecule has 27 heavy (non-hydrogen) atoms. The lowest BCUT2D eigenvalue weighted by Crippen LogP contribution is -2.15. The predicted octanol–water partition coefficient (Wildman–Crippen LogP) is 4.13. The Balaban J connectivity index is 1.62. The van der Waals surface area contributed by atoms with Crippen LogP contribution < -0.4 is 15.4 Å². The number of benzene rings is 1. The minimum Gasteiger partial charge on any atom is -0.489 e. The van der Waals surface area contributed by atoms with Gasteiger partial charge in [0.25, 0.3) is 5.91 Å². The molecule has 2 heterocycles. The molecule has 0 aliphatic carbocycles. The van der Waals surface area contributed by atoms with E-state index in [9.17, 15) is 4.79 Å². The monoisotopic (exact) mass is 362 g/mol. The van der Waals surface area contributed by atoms with Crippen LogP contribution in [0.4, 0.5) is 11.5 Å². The lowest BCUT2D eigenvalue weighted by Gasteiger charge is -2.14. The number of carbonyl (C=O) groups is 1. The molecule has 0 aliphatic heterocycles. The highest BCUT2D eigenvalue weighted by Crippen LogP contribution is 2.25. The van der Waals surface area contributed by atoms with E-state index in [1.54, 1.807) is 30.7 Å². The Bertz CT molecular complexity index is 880. The maximum absolute atomic E-state index is 12.5. The fourth-order valence-electron chi connectivity index (χ4n) is 2.45. The maximum atomic E-state index is 12.5. The predicted molar refractivity (Wildman–Crippen MR) is 106 cm³/mol. The van der Waals surface area contributed by atoms with Crippen molar-refractivity contribution in [1.82, 2.24) is 9.97 Å². The number of rotatable bonds is 7. The largest absolute Gasteiger partial charge is 0.489 e. The molecule has 3 aromatic rings. The Labute approximate surface area is 158 Å². The first-order chi connectivity index (χ1) is 13.1. The van der Waals surface area contributed by atoms with Crippen LogP contribution in [0.1, 0.15) is 29.8 Å². The topological polar surface area (TPSA) is 76.1 Å². The van der Waals surface area contributed by atoms with Crippen LogP contribution in [0.25, 0.3) is 0 Å². The summed E-state index contributed by atoms with van der Waals surface area (Å²) in [6, 6.07) is 14.8. The van der Waals surface area contributed by atoms with Gasteiger partial charge in [0, 0.05) is 25.1 Å². The van der Waals surface area contributed by atoms with Gasteiger partial charge in [0.05, 0.1) is 17.4 Å². The van der Waals surface area contributed by atoms with Gasteiger partial charge in [0.1, 0.15) is 11.6 Å². The third-order valence-corrected chi connectivity index (χ3v) is 3.75. The molecular formula is C21H22N4O2. The highest BCUT2D eigenvalue weighted by atomic mass is 16.5. The van der Waals surface area contributed by atoms with E-state index in [2.05, 4.69) is 20.6 Å². The molecule has 1 aromatic carbocycles. The molecule has 138 valence electrons. The molecule has 0 radical (unpaired) electrons. The number of nitrogens with one attached hydrogen (secondary N) is 2. The van der Waals surface area contributed by atoms with Crippen LogP contribution in [-0.4, -0.2) is 22.0 Å². The van der Waals surface area contributed by atoms with E-state index in [1.165, 1.54) is 0 Å². The molecule has 0 bridgehead atoms. The Kier molecular flexibility index (Phi) is 5.99. The maximum Gasteiger partial charge on any atom is 0.257 e. The summed E-state index contributed by atoms with van der Waals surface area (Å²) in [5, 5.41) is 6.10. The smallest absolute Gasteiger partial charge is 0.257 e. The summed E-state index contributed by atoms with van der Waals surface area (Å²) in [5.74, 6) is 1.11. The normalized spacial score (nSPS) is 10.5. The first-order valence-corrected chi connectivity index (χ1v) is 8.77. The quantitative estimate of drug-likeness (QED) is 0.661. The number of para-hydroxylation sites is 2. The van der Waals surface area contributed by atoms with Crippen molar-refractivity contribution in [3.05, 3.63) is 78.2 Å². The van der Waals surface area contributed by atoms with Gasteiger partial charge in [-0.05, 0) is 55.8 Å². The van der Waals surface area contributed by atoms with Gasteiger partial charge in [0.15, 0.2) is 0 Å². The second-order valence-electron chi connectivity index (χ2n) is 6.26. The molecule has 0 atom stereocenters. The van der Waals surface area contributed by atoms with E-state index in [1.807, 2.05) is 50.2 Å². The number of hydrogen-bond acceptors (Lipinski definition) is 5. The van der Waals surface area contributed by atoms with Crippen molar-refractivity contribution in [3.8, 4) is 5.75 Å². The summed E-state index contributed by atoms with van der Waals surface area (Å²) in [6.45, 7) is 4.53. The van der Waals surface area contributed by atoms with Crippen molar-refractivity contribution in [2.24, 2.45) is 0 Å². The van der Waals surface area contributed by atoms with Crippen LogP contribution in [0.2, 0.25) is 0 Å². The molecule has 0 aliphatic rings. The Hall–Kier alpha value is -3.41. The van der Waals surface area contributed by atoms with Crippen molar-refractivity contribution < 1.29 is 9.53 Å². The summed E-state index contributed by atoms with van der Waals surface area (Å²) >= 11 is 0. The molecule has 2 aromatic heterocycles. The lowest BCUT2D eigenvalue weighted by molar-refractivity contribution is 0.102. The van der Waals surface area contributed by atoms with Crippen molar-refractivity contribution in [2.75, 3.05) is 10.6 Å². The first kappa shape index (κ1) is 18.4. The number of anilines is 2. The van der Waals surface area contributed by atoms with Gasteiger partial charge in [-0.15, -0.1) is 0 Å². The molecule has 0 fully saturated rings. The summed E-state index contributed by atoms with van der Waals surface area (Å²) in [6.07, 6.45) is 5.07. The van der Waals surface area contributed by atoms with Gasteiger partial charge in [-0.3, -0.25) is 9.78 Å². The van der Waals surface area contributed by atoms with E-state index in [4.69, 9.17) is 4.74 Å². The van der Waals surface area contributed by atoms with Crippen molar-refractivity contribution >= 4 is 17.4 Å². The average Bonchev–Trinajstić information content (AvgIpc) is 2.69. The van der Waals surface area contributed by atoms with Crippen LogP contribution in [0.5, 0.6) is 5.75 Å². The number of carbonyl (C=O) groups excluding carboxylic acids is 1. The van der Waals surface area contributed by atoms with E-state index < -0.39 is 0 Å². The fourth-order valence-corrected chi connectivity index (χ4v) is 2.45. The summed E-state index contributed by atoms with van der Waals surface area (Å²) in [4.78, 5) is 20.8. The standard InChI is InChI=1S/C21H22N4O2/c1-15(2)27-19-6-4-3-5-18(19)25-21(26)17-7-8-20(24-14-17)23-13-16-9-11-22-12-10-16/h3-12,14-15H,13H2,1-2H3,(H,23,24)(H,25,26). The van der Waals surface area contributed by atoms with E-state index in [0.29, 0.717) is 29.4 Å². The highest BCUT2D eigenvalue weighted by molar-refractivity contribution is 6.04. The Morgan fingerprint density at radius 2 is 1.85 bits per heavy atom. The number of pyridine rings is 2. The Morgan fingerprint density at radius 3 is 2.56 bits per heavy atom. The van der Waals surface area contributed by atoms with E-state index in [-0.39, 0.29) is 12.0 Å². The second kappa shape index (κ2) is 8.80. The van der Waals surface area contributed by atoms with Crippen LogP contribution in [0.3, 0.4) is 0 Å². The van der Waals surface area contributed by atoms with Gasteiger partial charge >= 0.3 is 0 Å². The average molecular weight is 362 g/mol. The van der Waals surface area contributed by atoms with Gasteiger partial charge in [-0.25, -0.2) is 4.98 Å². The second-order valence-corrected chi connectivity index (χ2v) is 6.26. The third-order valence-electron chi connectivity index (χ3n) is 3.75. The molecule has 0 unspecified atom stereocenters. The molecule has 0 spiro atoms. The molecule has 6 heteroatoms. The van der Waals surface area contributed by atoms with Gasteiger partial charge < -0.3 is 15.4 Å². The van der Waals surface area contributed by atoms with Crippen LogP contribution in [0, 0.1) is 0 Å². The van der Waals surface area contributed by atoms with Crippen molar-refractivity contribution in [3.63, 3.8) is 0 Å². The van der Waals surface area contributed by atoms with E-state index >= 15 is 0 Å². The van der Waals surface area contributed by atoms with Gasteiger partial charge in [-0.2, -0.15) is 0 Å². The fraction of sp³-hybridized carbons (Fsp3) is 0.190. The summed E-state index contributed by atoms with van der Waals surface area (Å²) in [5.41, 5.74) is 2.22. The Morgan fingerprint density at radius 1 is 1.07 bits per heavy atom. The number of nitrogens with zero attached hydrogens (tertiary/aromatic N) is 2. The number of ether oxygens (including phenoxy) is 1. The van der Waals surface area contributed by atoms with Crippen molar-refractivity contribution in [1.29, 1.82) is 0 Å². The number of amides is 1. The minimum absolute atomic E-state index is 0.0236. The van der Waals surface area contributed by atoms with Crippen LogP contribution >= 0.6 is 0 Å². The SMILES string of the molecule is CC(C)Oc1ccccc1NC(=O)c1ccc(NCc2ccncc2)nc1. The highest BCUT2D eigenvalue weighted by Gasteiger charge is 2.11. The lowest BCUT2D eigenvalue weighted by atomic mass is 10.2. The zero-order valence-electron chi connectivity index (χ0n) is 15.3. The van der Waals surface area contributed by atoms with E-state index in [0.717, 1.165) is 5.56 Å². The summed E-state index contributed by atoms with van der Waals surface area (Å²) < 4.78 is 5.73. The number of hydrogen-bond donors (Lipinski definition) is 2. The minimum atomic E-state index is -0.233. The van der Waals surface area contributed by atoms with Crippen LogP contribution in [0.15, 0.2) is 67.1 Å². The molecule has 3 rings (SSSR count). The zero-order chi connectivity index (χ0) is 19.1. The number of aromatic nitrogens is 2. The molecule has 0 saturated carbocycles. The van der Waals surface area contributed by atoms with Crippen molar-refractivity contribution in [2.45, 2.75) is 26.5 Å². The first-order valence-electron chi connectivity index (χ1n) is 8.77. The molecular weight excluding hydrogens is 340 g/mol. The zero-order valence-corrected chi connectivity index (χ0v) is 15.3. The van der Waals surface area contributed by atoms with Gasteiger partial charge in [0.2, 0.25) is 0 Å². The molecule has 2 N–H and O–H groups in total. The molecule has 6 nitrogen and oxygen atoms in total. The van der Waals surface area contributed by atoms with Gasteiger partial charge in [-0.1, -0.05) is 12.1 Å². The summed E-state index contributed by atoms with van der Waals surface area (Å²) in [7, 11) is 0.